The summed E-state index contributed by atoms with van der Waals surface area (Å²) in [7, 11) is 0. The number of fused-ring (bicyclic) bond motifs is 1. The van der Waals surface area contributed by atoms with Gasteiger partial charge in [0.15, 0.2) is 5.76 Å². The van der Waals surface area contributed by atoms with Gasteiger partial charge >= 0.3 is 5.97 Å². The molecule has 0 atom stereocenters. The average Bonchev–Trinajstić information content (AvgIpc) is 2.88. The van der Waals surface area contributed by atoms with E-state index in [1.165, 1.54) is 12.5 Å². The van der Waals surface area contributed by atoms with Crippen LogP contribution in [0.4, 0.5) is 0 Å². The molecule has 0 N–H and O–H groups in total. The Labute approximate surface area is 140 Å². The van der Waals surface area contributed by atoms with E-state index >= 15 is 0 Å². The van der Waals surface area contributed by atoms with E-state index in [-0.39, 0.29) is 11.5 Å². The standard InChI is InChI=1S/C20H18O4/c1-4-14-5-7-15(8-6-14)11-18-19(22)16-9-10-17(23-13(3)21)12(2)20(16)24-18/h5-11H,4H2,1-3H3/b18-11-. The Balaban J connectivity index is 1.93. The van der Waals surface area contributed by atoms with E-state index in [0.717, 1.165) is 12.0 Å². The van der Waals surface area contributed by atoms with Gasteiger partial charge in [0.05, 0.1) is 5.56 Å². The lowest BCUT2D eigenvalue weighted by atomic mass is 10.0. The summed E-state index contributed by atoms with van der Waals surface area (Å²) < 4.78 is 10.9. The fourth-order valence-corrected chi connectivity index (χ4v) is 2.63. The predicted octanol–water partition coefficient (Wildman–Crippen LogP) is 4.10. The second-order valence-electron chi connectivity index (χ2n) is 5.69. The van der Waals surface area contributed by atoms with Crippen molar-refractivity contribution >= 4 is 17.8 Å². The summed E-state index contributed by atoms with van der Waals surface area (Å²) in [5.74, 6) is 0.561. The number of rotatable bonds is 3. The fourth-order valence-electron chi connectivity index (χ4n) is 2.63. The first kappa shape index (κ1) is 16.0. The van der Waals surface area contributed by atoms with Gasteiger partial charge in [0.25, 0.3) is 0 Å². The molecule has 0 amide bonds. The summed E-state index contributed by atoms with van der Waals surface area (Å²) in [5.41, 5.74) is 3.27. The minimum absolute atomic E-state index is 0.165. The van der Waals surface area contributed by atoms with Crippen molar-refractivity contribution in [1.29, 1.82) is 0 Å². The summed E-state index contributed by atoms with van der Waals surface area (Å²) >= 11 is 0. The van der Waals surface area contributed by atoms with Crippen molar-refractivity contribution in [3.63, 3.8) is 0 Å². The van der Waals surface area contributed by atoms with Gasteiger partial charge in [-0.25, -0.2) is 0 Å². The topological polar surface area (TPSA) is 52.6 Å². The Morgan fingerprint density at radius 3 is 2.50 bits per heavy atom. The highest BCUT2D eigenvalue weighted by Crippen LogP contribution is 2.39. The van der Waals surface area contributed by atoms with Crippen molar-refractivity contribution in [2.24, 2.45) is 0 Å². The lowest BCUT2D eigenvalue weighted by molar-refractivity contribution is -0.131. The normalized spacial score (nSPS) is 14.5. The van der Waals surface area contributed by atoms with Gasteiger partial charge in [0, 0.05) is 12.5 Å². The smallest absolute Gasteiger partial charge is 0.308 e. The molecule has 1 aliphatic rings. The zero-order valence-electron chi connectivity index (χ0n) is 13.9. The third-order valence-corrected chi connectivity index (χ3v) is 3.98. The molecule has 24 heavy (non-hydrogen) atoms. The van der Waals surface area contributed by atoms with E-state index in [0.29, 0.717) is 22.6 Å². The second-order valence-corrected chi connectivity index (χ2v) is 5.69. The SMILES string of the molecule is CCc1ccc(/C=C2\Oc3c(ccc(OC(C)=O)c3C)C2=O)cc1. The summed E-state index contributed by atoms with van der Waals surface area (Å²) in [4.78, 5) is 23.7. The lowest BCUT2D eigenvalue weighted by Crippen LogP contribution is -2.03. The van der Waals surface area contributed by atoms with Gasteiger partial charge in [-0.3, -0.25) is 9.59 Å². The van der Waals surface area contributed by atoms with Gasteiger partial charge in [0.2, 0.25) is 5.78 Å². The van der Waals surface area contributed by atoms with Gasteiger partial charge in [-0.05, 0) is 42.7 Å². The van der Waals surface area contributed by atoms with Crippen LogP contribution in [-0.4, -0.2) is 11.8 Å². The zero-order chi connectivity index (χ0) is 17.3. The first-order valence-corrected chi connectivity index (χ1v) is 7.84. The molecule has 4 heteroatoms. The minimum atomic E-state index is -0.408. The van der Waals surface area contributed by atoms with Crippen molar-refractivity contribution in [2.45, 2.75) is 27.2 Å². The third-order valence-electron chi connectivity index (χ3n) is 3.98. The molecule has 2 aromatic rings. The Kier molecular flexibility index (Phi) is 4.21. The van der Waals surface area contributed by atoms with Crippen molar-refractivity contribution in [3.8, 4) is 11.5 Å². The van der Waals surface area contributed by atoms with E-state index in [1.807, 2.05) is 24.3 Å². The van der Waals surface area contributed by atoms with E-state index in [1.54, 1.807) is 25.1 Å². The highest BCUT2D eigenvalue weighted by molar-refractivity contribution is 6.15. The number of ketones is 1. The van der Waals surface area contributed by atoms with Crippen LogP contribution in [0.15, 0.2) is 42.2 Å². The van der Waals surface area contributed by atoms with Crippen LogP contribution in [0.2, 0.25) is 0 Å². The number of allylic oxidation sites excluding steroid dienone is 1. The molecule has 3 rings (SSSR count). The number of aryl methyl sites for hydroxylation is 1. The van der Waals surface area contributed by atoms with Crippen molar-refractivity contribution in [2.75, 3.05) is 0 Å². The summed E-state index contributed by atoms with van der Waals surface area (Å²) in [6.07, 6.45) is 2.70. The quantitative estimate of drug-likeness (QED) is 0.485. The van der Waals surface area contributed by atoms with E-state index in [9.17, 15) is 9.59 Å². The number of ether oxygens (including phenoxy) is 2. The van der Waals surface area contributed by atoms with Crippen molar-refractivity contribution < 1.29 is 19.1 Å². The number of hydrogen-bond donors (Lipinski definition) is 0. The maximum absolute atomic E-state index is 12.5. The first-order valence-electron chi connectivity index (χ1n) is 7.84. The van der Waals surface area contributed by atoms with Crippen LogP contribution >= 0.6 is 0 Å². The molecule has 2 aromatic carbocycles. The molecule has 0 aliphatic carbocycles. The molecule has 0 saturated heterocycles. The Morgan fingerprint density at radius 1 is 1.17 bits per heavy atom. The van der Waals surface area contributed by atoms with Gasteiger partial charge in [-0.15, -0.1) is 0 Å². The lowest BCUT2D eigenvalue weighted by Gasteiger charge is -2.08. The molecule has 1 heterocycles. The number of carbonyl (C=O) groups excluding carboxylic acids is 2. The van der Waals surface area contributed by atoms with Crippen LogP contribution in [0.1, 0.15) is 40.9 Å². The maximum Gasteiger partial charge on any atom is 0.308 e. The maximum atomic E-state index is 12.5. The van der Waals surface area contributed by atoms with Crippen LogP contribution < -0.4 is 9.47 Å². The summed E-state index contributed by atoms with van der Waals surface area (Å²) in [6, 6.07) is 11.2. The highest BCUT2D eigenvalue weighted by atomic mass is 16.5. The third kappa shape index (κ3) is 2.95. The van der Waals surface area contributed by atoms with Crippen LogP contribution in [0.5, 0.6) is 11.5 Å². The minimum Gasteiger partial charge on any atom is -0.452 e. The van der Waals surface area contributed by atoms with Crippen LogP contribution in [-0.2, 0) is 11.2 Å². The molecular weight excluding hydrogens is 304 g/mol. The number of hydrogen-bond acceptors (Lipinski definition) is 4. The number of esters is 1. The molecule has 4 nitrogen and oxygen atoms in total. The Morgan fingerprint density at radius 2 is 1.88 bits per heavy atom. The second kappa shape index (κ2) is 6.32. The molecule has 122 valence electrons. The molecular formula is C20H18O4. The van der Waals surface area contributed by atoms with Gasteiger partial charge in [-0.2, -0.15) is 0 Å². The van der Waals surface area contributed by atoms with E-state index < -0.39 is 5.97 Å². The highest BCUT2D eigenvalue weighted by Gasteiger charge is 2.30. The number of benzene rings is 2. The van der Waals surface area contributed by atoms with E-state index in [4.69, 9.17) is 9.47 Å². The number of Topliss-reactive ketones (excluding diaryl/α,β-unsaturated/α-hetero) is 1. The fraction of sp³-hybridized carbons (Fsp3) is 0.200. The first-order chi connectivity index (χ1) is 11.5. The molecule has 0 fully saturated rings. The summed E-state index contributed by atoms with van der Waals surface area (Å²) in [6.45, 7) is 5.20. The van der Waals surface area contributed by atoms with Crippen LogP contribution in [0.25, 0.3) is 6.08 Å². The largest absolute Gasteiger partial charge is 0.452 e. The Bertz CT molecular complexity index is 845. The van der Waals surface area contributed by atoms with Crippen molar-refractivity contribution in [1.82, 2.24) is 0 Å². The van der Waals surface area contributed by atoms with Crippen LogP contribution in [0.3, 0.4) is 0 Å². The Hall–Kier alpha value is -2.88. The average molecular weight is 322 g/mol. The molecule has 0 saturated carbocycles. The van der Waals surface area contributed by atoms with E-state index in [2.05, 4.69) is 6.92 Å². The van der Waals surface area contributed by atoms with Gasteiger partial charge < -0.3 is 9.47 Å². The van der Waals surface area contributed by atoms with Gasteiger partial charge in [0.1, 0.15) is 11.5 Å². The number of carbonyl (C=O) groups is 2. The molecule has 0 radical (unpaired) electrons. The zero-order valence-corrected chi connectivity index (χ0v) is 13.9. The van der Waals surface area contributed by atoms with Gasteiger partial charge in [-0.1, -0.05) is 31.2 Å². The molecule has 0 unspecified atom stereocenters. The molecule has 1 aliphatic heterocycles. The molecule has 0 spiro atoms. The molecule has 0 aromatic heterocycles. The predicted molar refractivity (Wildman–Crippen MR) is 91.2 cm³/mol. The molecule has 0 bridgehead atoms. The van der Waals surface area contributed by atoms with Crippen LogP contribution in [0, 0.1) is 6.92 Å². The summed E-state index contributed by atoms with van der Waals surface area (Å²) in [5, 5.41) is 0. The van der Waals surface area contributed by atoms with Crippen molar-refractivity contribution in [3.05, 3.63) is 64.4 Å². The monoisotopic (exact) mass is 322 g/mol.